The lowest BCUT2D eigenvalue weighted by molar-refractivity contribution is -0.122. The van der Waals surface area contributed by atoms with E-state index in [1.54, 1.807) is 24.3 Å². The first-order valence-electron chi connectivity index (χ1n) is 10.5. The molecule has 0 bridgehead atoms. The summed E-state index contributed by atoms with van der Waals surface area (Å²) in [5, 5.41) is 2.91. The lowest BCUT2D eigenvalue weighted by Gasteiger charge is -2.29. The van der Waals surface area contributed by atoms with Crippen LogP contribution in [0.5, 0.6) is 11.5 Å². The second kappa shape index (κ2) is 9.58. The van der Waals surface area contributed by atoms with Crippen LogP contribution in [0, 0.1) is 0 Å². The Labute approximate surface area is 219 Å². The molecule has 1 aliphatic rings. The van der Waals surface area contributed by atoms with Crippen molar-refractivity contribution >= 4 is 75.1 Å². The molecular formula is C26H14Cl2N2O5S. The third kappa shape index (κ3) is 4.49. The molecule has 2 amide bonds. The Morgan fingerprint density at radius 2 is 1.64 bits per heavy atom. The molecule has 36 heavy (non-hydrogen) atoms. The molecule has 3 aromatic carbocycles. The van der Waals surface area contributed by atoms with E-state index in [9.17, 15) is 14.4 Å². The number of fused-ring (bicyclic) bond motifs is 1. The summed E-state index contributed by atoms with van der Waals surface area (Å²) in [7, 11) is 0. The number of benzene rings is 3. The number of para-hydroxylation sites is 1. The van der Waals surface area contributed by atoms with Gasteiger partial charge in [-0.15, -0.1) is 0 Å². The van der Waals surface area contributed by atoms with E-state index in [4.69, 9.17) is 44.6 Å². The topological polar surface area (TPSA) is 88.8 Å². The van der Waals surface area contributed by atoms with Gasteiger partial charge in [0.25, 0.3) is 11.8 Å². The van der Waals surface area contributed by atoms with Crippen LogP contribution < -0.4 is 20.4 Å². The summed E-state index contributed by atoms with van der Waals surface area (Å²) >= 11 is 17.4. The summed E-state index contributed by atoms with van der Waals surface area (Å²) in [4.78, 5) is 40.1. The average Bonchev–Trinajstić information content (AvgIpc) is 2.85. The smallest absolute Gasteiger partial charge is 0.270 e. The highest BCUT2D eigenvalue weighted by Crippen LogP contribution is 2.29. The summed E-state index contributed by atoms with van der Waals surface area (Å²) in [6, 6.07) is 18.7. The van der Waals surface area contributed by atoms with Gasteiger partial charge in [-0.3, -0.25) is 24.6 Å². The largest absolute Gasteiger partial charge is 0.462 e. The highest BCUT2D eigenvalue weighted by Gasteiger charge is 2.34. The number of nitrogens with zero attached hydrogens (tertiary/aromatic N) is 1. The molecule has 1 aromatic heterocycles. The molecule has 178 valence electrons. The standard InChI is InChI=1S/C26H14Cl2N2O5S/c27-15-11-19-22(31)14(13-34-23(19)21(28)12-15)10-20-24(32)29-26(36)30(25(20)33)16-6-8-18(9-7-16)35-17-4-2-1-3-5-17/h1-13H,(H,29,32,36). The molecule has 1 N–H and O–H groups in total. The SMILES string of the molecule is O=C1NC(=S)N(c2ccc(Oc3ccccc3)cc2)C(=O)C1=Cc1coc2c(Cl)cc(Cl)cc2c1=O. The Morgan fingerprint density at radius 1 is 0.944 bits per heavy atom. The minimum atomic E-state index is -0.742. The fourth-order valence-electron chi connectivity index (χ4n) is 3.62. The lowest BCUT2D eigenvalue weighted by Crippen LogP contribution is -2.54. The van der Waals surface area contributed by atoms with Crippen molar-refractivity contribution in [2.75, 3.05) is 4.90 Å². The first-order valence-corrected chi connectivity index (χ1v) is 11.6. The molecule has 7 nitrogen and oxygen atoms in total. The van der Waals surface area contributed by atoms with Crippen molar-refractivity contribution in [3.8, 4) is 11.5 Å². The van der Waals surface area contributed by atoms with Crippen LogP contribution >= 0.6 is 35.4 Å². The number of halogens is 2. The van der Waals surface area contributed by atoms with Crippen molar-refractivity contribution in [3.63, 3.8) is 0 Å². The fourth-order valence-corrected chi connectivity index (χ4v) is 4.43. The fraction of sp³-hybridized carbons (Fsp3) is 0. The van der Waals surface area contributed by atoms with Crippen LogP contribution in [0.2, 0.25) is 10.0 Å². The van der Waals surface area contributed by atoms with Gasteiger partial charge >= 0.3 is 0 Å². The van der Waals surface area contributed by atoms with Crippen molar-refractivity contribution in [3.05, 3.63) is 104 Å². The maximum atomic E-state index is 13.3. The molecule has 1 saturated heterocycles. The molecule has 0 atom stereocenters. The average molecular weight is 537 g/mol. The zero-order valence-electron chi connectivity index (χ0n) is 18.2. The number of carbonyl (C=O) groups is 2. The molecule has 0 aliphatic carbocycles. The Balaban J connectivity index is 1.48. The second-order valence-corrected chi connectivity index (χ2v) is 8.88. The van der Waals surface area contributed by atoms with Crippen molar-refractivity contribution in [1.29, 1.82) is 0 Å². The third-order valence-electron chi connectivity index (χ3n) is 5.29. The summed E-state index contributed by atoms with van der Waals surface area (Å²) in [5.74, 6) is -0.242. The van der Waals surface area contributed by atoms with Crippen LogP contribution in [-0.4, -0.2) is 16.9 Å². The third-order valence-corrected chi connectivity index (χ3v) is 6.08. The number of thiocarbonyl (C=S) groups is 1. The predicted octanol–water partition coefficient (Wildman–Crippen LogP) is 5.72. The number of ether oxygens (including phenoxy) is 1. The molecule has 0 unspecified atom stereocenters. The Morgan fingerprint density at radius 3 is 2.36 bits per heavy atom. The second-order valence-electron chi connectivity index (χ2n) is 7.65. The van der Waals surface area contributed by atoms with Crippen LogP contribution in [0.1, 0.15) is 5.56 Å². The van der Waals surface area contributed by atoms with Gasteiger partial charge < -0.3 is 9.15 Å². The Hall–Kier alpha value is -3.98. The molecular weight excluding hydrogens is 523 g/mol. The van der Waals surface area contributed by atoms with Crippen LogP contribution in [0.3, 0.4) is 0 Å². The number of hydrogen-bond donors (Lipinski definition) is 1. The van der Waals surface area contributed by atoms with Gasteiger partial charge in [-0.2, -0.15) is 0 Å². The first-order chi connectivity index (χ1) is 17.3. The van der Waals surface area contributed by atoms with E-state index in [2.05, 4.69) is 5.32 Å². The summed E-state index contributed by atoms with van der Waals surface area (Å²) in [6.07, 6.45) is 2.28. The monoisotopic (exact) mass is 536 g/mol. The van der Waals surface area contributed by atoms with Crippen molar-refractivity contribution in [1.82, 2.24) is 5.32 Å². The zero-order chi connectivity index (χ0) is 25.4. The molecule has 0 saturated carbocycles. The predicted molar refractivity (Wildman–Crippen MR) is 142 cm³/mol. The van der Waals surface area contributed by atoms with Gasteiger partial charge in [0, 0.05) is 5.02 Å². The van der Waals surface area contributed by atoms with Gasteiger partial charge in [0.2, 0.25) is 0 Å². The van der Waals surface area contributed by atoms with Crippen LogP contribution in [0.25, 0.3) is 17.0 Å². The van der Waals surface area contributed by atoms with Crippen LogP contribution in [0.15, 0.2) is 87.8 Å². The van der Waals surface area contributed by atoms with Gasteiger partial charge in [-0.25, -0.2) is 0 Å². The summed E-state index contributed by atoms with van der Waals surface area (Å²) in [5.41, 5.74) is -0.281. The number of carbonyl (C=O) groups excluding carboxylic acids is 2. The van der Waals surface area contributed by atoms with Crippen LogP contribution in [0.4, 0.5) is 5.69 Å². The number of anilines is 1. The van der Waals surface area contributed by atoms with Crippen molar-refractivity contribution in [2.24, 2.45) is 0 Å². The molecule has 0 radical (unpaired) electrons. The number of rotatable bonds is 4. The molecule has 0 spiro atoms. The molecule has 5 rings (SSSR count). The lowest BCUT2D eigenvalue weighted by atomic mass is 10.1. The van der Waals surface area contributed by atoms with Gasteiger partial charge in [0.1, 0.15) is 23.3 Å². The normalized spacial score (nSPS) is 14.9. The minimum Gasteiger partial charge on any atom is -0.462 e. The highest BCUT2D eigenvalue weighted by atomic mass is 35.5. The van der Waals surface area contributed by atoms with E-state index in [-0.39, 0.29) is 37.3 Å². The maximum Gasteiger partial charge on any atom is 0.270 e. The maximum absolute atomic E-state index is 13.3. The number of hydrogen-bond acceptors (Lipinski definition) is 6. The van der Waals surface area contributed by atoms with E-state index >= 15 is 0 Å². The van der Waals surface area contributed by atoms with Crippen molar-refractivity contribution < 1.29 is 18.7 Å². The van der Waals surface area contributed by atoms with Gasteiger partial charge in [-0.1, -0.05) is 41.4 Å². The van der Waals surface area contributed by atoms with E-state index in [0.29, 0.717) is 17.2 Å². The van der Waals surface area contributed by atoms with E-state index in [1.165, 1.54) is 12.1 Å². The van der Waals surface area contributed by atoms with Crippen LogP contribution in [-0.2, 0) is 9.59 Å². The quantitative estimate of drug-likeness (QED) is 0.204. The van der Waals surface area contributed by atoms with Gasteiger partial charge in [0.15, 0.2) is 16.1 Å². The van der Waals surface area contributed by atoms with Gasteiger partial charge in [-0.05, 0) is 66.8 Å². The molecule has 1 aliphatic heterocycles. The molecule has 1 fully saturated rings. The zero-order valence-corrected chi connectivity index (χ0v) is 20.5. The summed E-state index contributed by atoms with van der Waals surface area (Å²) < 4.78 is 11.3. The summed E-state index contributed by atoms with van der Waals surface area (Å²) in [6.45, 7) is 0. The number of nitrogens with one attached hydrogen (secondary N) is 1. The Kier molecular flexibility index (Phi) is 6.32. The van der Waals surface area contributed by atoms with E-state index in [0.717, 1.165) is 17.2 Å². The first kappa shape index (κ1) is 23.7. The van der Waals surface area contributed by atoms with Gasteiger partial charge in [0.05, 0.1) is 21.7 Å². The van der Waals surface area contributed by atoms with E-state index < -0.39 is 17.2 Å². The highest BCUT2D eigenvalue weighted by molar-refractivity contribution is 7.80. The minimum absolute atomic E-state index is 0.0290. The molecule has 10 heteroatoms. The van der Waals surface area contributed by atoms with E-state index in [1.807, 2.05) is 30.3 Å². The molecule has 2 heterocycles. The Bertz CT molecular complexity index is 1630. The number of amides is 2. The molecule has 4 aromatic rings. The van der Waals surface area contributed by atoms with Crippen molar-refractivity contribution in [2.45, 2.75) is 0 Å².